The fourth-order valence-corrected chi connectivity index (χ4v) is 4.15. The van der Waals surface area contributed by atoms with E-state index >= 15 is 0 Å². The maximum Gasteiger partial charge on any atom is 0.259 e. The van der Waals surface area contributed by atoms with Crippen LogP contribution in [0.4, 0.5) is 0 Å². The molecule has 5 aromatic rings. The van der Waals surface area contributed by atoms with E-state index in [1.165, 1.54) is 6.33 Å². The van der Waals surface area contributed by atoms with E-state index in [0.717, 1.165) is 35.3 Å². The predicted octanol–water partition coefficient (Wildman–Crippen LogP) is 4.84. The van der Waals surface area contributed by atoms with Gasteiger partial charge < -0.3 is 9.84 Å². The number of carbonyl (C=O) groups is 1. The maximum absolute atomic E-state index is 13.5. The van der Waals surface area contributed by atoms with E-state index in [1.807, 2.05) is 67.6 Å². The molecule has 8 nitrogen and oxygen atoms in total. The second-order valence-corrected chi connectivity index (χ2v) is 8.57. The molecule has 3 heterocycles. The fourth-order valence-electron chi connectivity index (χ4n) is 4.15. The standard InChI is InChI=1S/C26H22N6O2/c1-16(17-9-11-20(12-10-17)32-15-27-14-28-32)29-25(33)21-13-22(18-7-8-18)30-26-23(21)24(31-34-26)19-5-3-2-4-6-19/h2-6,9-16,18H,7-8H2,1H3,(H,29,33). The molecule has 1 saturated carbocycles. The highest BCUT2D eigenvalue weighted by Gasteiger charge is 2.29. The Morgan fingerprint density at radius 1 is 1.12 bits per heavy atom. The highest BCUT2D eigenvalue weighted by Crippen LogP contribution is 2.41. The molecule has 168 valence electrons. The molecule has 2 aromatic carbocycles. The molecule has 1 amide bonds. The topological polar surface area (TPSA) is 98.7 Å². The minimum atomic E-state index is -0.204. The second-order valence-electron chi connectivity index (χ2n) is 8.57. The van der Waals surface area contributed by atoms with Gasteiger partial charge in [0.25, 0.3) is 11.6 Å². The molecular weight excluding hydrogens is 428 g/mol. The molecule has 1 aliphatic rings. The van der Waals surface area contributed by atoms with Crippen LogP contribution in [0.25, 0.3) is 28.0 Å². The van der Waals surface area contributed by atoms with Crippen molar-refractivity contribution in [2.75, 3.05) is 0 Å². The molecule has 1 fully saturated rings. The van der Waals surface area contributed by atoms with Crippen LogP contribution < -0.4 is 5.32 Å². The molecule has 0 bridgehead atoms. The van der Waals surface area contributed by atoms with Gasteiger partial charge in [-0.1, -0.05) is 47.6 Å². The van der Waals surface area contributed by atoms with Gasteiger partial charge in [-0.2, -0.15) is 5.10 Å². The first-order chi connectivity index (χ1) is 16.7. The molecule has 8 heteroatoms. The molecule has 0 aliphatic heterocycles. The third-order valence-corrected chi connectivity index (χ3v) is 6.18. The van der Waals surface area contributed by atoms with Crippen molar-refractivity contribution in [3.05, 3.63) is 90.1 Å². The average molecular weight is 451 g/mol. The first-order valence-electron chi connectivity index (χ1n) is 11.3. The van der Waals surface area contributed by atoms with E-state index in [2.05, 4.69) is 25.5 Å². The quantitative estimate of drug-likeness (QED) is 0.397. The van der Waals surface area contributed by atoms with Gasteiger partial charge in [-0.15, -0.1) is 0 Å². The Morgan fingerprint density at radius 2 is 1.91 bits per heavy atom. The number of nitrogens with one attached hydrogen (secondary N) is 1. The van der Waals surface area contributed by atoms with Gasteiger partial charge >= 0.3 is 0 Å². The summed E-state index contributed by atoms with van der Waals surface area (Å²) in [5.41, 5.74) is 5.23. The number of hydrogen-bond donors (Lipinski definition) is 1. The molecule has 0 spiro atoms. The summed E-state index contributed by atoms with van der Waals surface area (Å²) in [5.74, 6) is 0.200. The first kappa shape index (κ1) is 20.3. The van der Waals surface area contributed by atoms with E-state index in [-0.39, 0.29) is 11.9 Å². The molecule has 1 unspecified atom stereocenters. The van der Waals surface area contributed by atoms with Crippen molar-refractivity contribution in [1.29, 1.82) is 0 Å². The number of benzene rings is 2. The first-order valence-corrected chi connectivity index (χ1v) is 11.3. The lowest BCUT2D eigenvalue weighted by Crippen LogP contribution is -2.27. The third kappa shape index (κ3) is 3.73. The molecule has 0 radical (unpaired) electrons. The van der Waals surface area contributed by atoms with E-state index in [9.17, 15) is 4.79 Å². The largest absolute Gasteiger partial charge is 0.345 e. The summed E-state index contributed by atoms with van der Waals surface area (Å²) in [5, 5.41) is 12.2. The van der Waals surface area contributed by atoms with Gasteiger partial charge in [-0.3, -0.25) is 4.79 Å². The van der Waals surface area contributed by atoms with Gasteiger partial charge in [0.1, 0.15) is 18.3 Å². The molecule has 3 aromatic heterocycles. The summed E-state index contributed by atoms with van der Waals surface area (Å²) >= 11 is 0. The van der Waals surface area contributed by atoms with Crippen molar-refractivity contribution in [3.8, 4) is 16.9 Å². The van der Waals surface area contributed by atoms with Crippen LogP contribution in [0.2, 0.25) is 0 Å². The summed E-state index contributed by atoms with van der Waals surface area (Å²) < 4.78 is 7.29. The number of aromatic nitrogens is 5. The Bertz CT molecular complexity index is 1460. The van der Waals surface area contributed by atoms with Gasteiger partial charge in [0.2, 0.25) is 0 Å². The van der Waals surface area contributed by atoms with Crippen molar-refractivity contribution in [2.24, 2.45) is 0 Å². The summed E-state index contributed by atoms with van der Waals surface area (Å²) in [7, 11) is 0. The molecule has 6 rings (SSSR count). The molecular formula is C26H22N6O2. The zero-order valence-corrected chi connectivity index (χ0v) is 18.5. The third-order valence-electron chi connectivity index (χ3n) is 6.18. The van der Waals surface area contributed by atoms with Crippen LogP contribution in [0.3, 0.4) is 0 Å². The minimum Gasteiger partial charge on any atom is -0.345 e. The monoisotopic (exact) mass is 450 g/mol. The highest BCUT2D eigenvalue weighted by molar-refractivity contribution is 6.09. The lowest BCUT2D eigenvalue weighted by molar-refractivity contribution is 0.0941. The van der Waals surface area contributed by atoms with Gasteiger partial charge in [0.05, 0.1) is 22.7 Å². The van der Waals surface area contributed by atoms with Crippen molar-refractivity contribution in [2.45, 2.75) is 31.7 Å². The molecule has 0 saturated heterocycles. The van der Waals surface area contributed by atoms with Gasteiger partial charge in [0.15, 0.2) is 0 Å². The Labute approximate surface area is 195 Å². The number of carbonyl (C=O) groups excluding carboxylic acids is 1. The SMILES string of the molecule is CC(NC(=O)c1cc(C2CC2)nc2onc(-c3ccccc3)c12)c1ccc(-n2cncn2)cc1. The lowest BCUT2D eigenvalue weighted by Gasteiger charge is -2.16. The summed E-state index contributed by atoms with van der Waals surface area (Å²) in [6.45, 7) is 1.97. The van der Waals surface area contributed by atoms with Crippen molar-refractivity contribution in [1.82, 2.24) is 30.2 Å². The number of amides is 1. The number of fused-ring (bicyclic) bond motifs is 1. The van der Waals surface area contributed by atoms with Gasteiger partial charge in [-0.05, 0) is 43.5 Å². The summed E-state index contributed by atoms with van der Waals surface area (Å²) in [6, 6.07) is 19.3. The summed E-state index contributed by atoms with van der Waals surface area (Å²) in [4.78, 5) is 22.2. The van der Waals surface area contributed by atoms with E-state index in [1.54, 1.807) is 11.0 Å². The zero-order valence-electron chi connectivity index (χ0n) is 18.5. The van der Waals surface area contributed by atoms with Crippen LogP contribution in [-0.2, 0) is 0 Å². The van der Waals surface area contributed by atoms with Crippen molar-refractivity contribution < 1.29 is 9.32 Å². The Kier molecular flexibility index (Phi) is 4.91. The molecule has 1 aliphatic carbocycles. The molecule has 34 heavy (non-hydrogen) atoms. The van der Waals surface area contributed by atoms with E-state index < -0.39 is 0 Å². The maximum atomic E-state index is 13.5. The van der Waals surface area contributed by atoms with Crippen LogP contribution >= 0.6 is 0 Å². The van der Waals surface area contributed by atoms with Crippen LogP contribution in [0.15, 0.2) is 77.8 Å². The van der Waals surface area contributed by atoms with Crippen molar-refractivity contribution in [3.63, 3.8) is 0 Å². The molecule has 1 N–H and O–H groups in total. The summed E-state index contributed by atoms with van der Waals surface area (Å²) in [6.07, 6.45) is 5.30. The van der Waals surface area contributed by atoms with Gasteiger partial charge in [0, 0.05) is 17.2 Å². The number of nitrogens with zero attached hydrogens (tertiary/aromatic N) is 5. The number of rotatable bonds is 6. The Morgan fingerprint density at radius 3 is 2.62 bits per heavy atom. The van der Waals surface area contributed by atoms with Crippen LogP contribution in [0.1, 0.15) is 53.3 Å². The normalized spacial score (nSPS) is 14.3. The van der Waals surface area contributed by atoms with E-state index in [0.29, 0.717) is 28.3 Å². The second kappa shape index (κ2) is 8.22. The predicted molar refractivity (Wildman–Crippen MR) is 126 cm³/mol. The number of hydrogen-bond acceptors (Lipinski definition) is 6. The van der Waals surface area contributed by atoms with Crippen molar-refractivity contribution >= 4 is 17.0 Å². The van der Waals surface area contributed by atoms with Gasteiger partial charge in [-0.25, -0.2) is 14.6 Å². The smallest absolute Gasteiger partial charge is 0.259 e. The minimum absolute atomic E-state index is 0.178. The Balaban J connectivity index is 1.33. The molecule has 1 atom stereocenters. The zero-order chi connectivity index (χ0) is 23.1. The Hall–Kier alpha value is -4.33. The van der Waals surface area contributed by atoms with Crippen LogP contribution in [0.5, 0.6) is 0 Å². The average Bonchev–Trinajstić information content (AvgIpc) is 3.40. The lowest BCUT2D eigenvalue weighted by atomic mass is 10.0. The van der Waals surface area contributed by atoms with Crippen LogP contribution in [-0.4, -0.2) is 30.8 Å². The van der Waals surface area contributed by atoms with Crippen LogP contribution in [0, 0.1) is 0 Å². The van der Waals surface area contributed by atoms with E-state index in [4.69, 9.17) is 4.52 Å². The fraction of sp³-hybridized carbons (Fsp3) is 0.192. The number of pyridine rings is 1. The highest BCUT2D eigenvalue weighted by atomic mass is 16.5.